The Morgan fingerprint density at radius 2 is 2.17 bits per heavy atom. The molecule has 1 aromatic rings. The first-order valence-electron chi connectivity index (χ1n) is 3.62. The summed E-state index contributed by atoms with van der Waals surface area (Å²) in [4.78, 5) is 0. The van der Waals surface area contributed by atoms with Crippen LogP contribution < -0.4 is 4.57 Å². The highest BCUT2D eigenvalue weighted by Crippen LogP contribution is 2.05. The summed E-state index contributed by atoms with van der Waals surface area (Å²) in [5, 5.41) is 9.30. The van der Waals surface area contributed by atoms with Gasteiger partial charge < -0.3 is 5.11 Å². The lowest BCUT2D eigenvalue weighted by Gasteiger charge is -1.97. The Morgan fingerprint density at radius 1 is 1.42 bits per heavy atom. The highest BCUT2D eigenvalue weighted by atomic mass is 35.5. The predicted molar refractivity (Wildman–Crippen MR) is 48.3 cm³/mol. The number of pyridine rings is 1. The highest BCUT2D eigenvalue weighted by molar-refractivity contribution is 6.28. The number of halogens is 2. The molecule has 2 nitrogen and oxygen atoms in total. The molecule has 0 bridgehead atoms. The molecule has 0 atom stereocenters. The molecule has 1 N–H and O–H groups in total. The van der Waals surface area contributed by atoms with Gasteiger partial charge >= 0.3 is 0 Å². The lowest BCUT2D eigenvalue weighted by molar-refractivity contribution is -0.696. The Balaban J connectivity index is 2.91. The number of nitrogens with zero attached hydrogens (tertiary/aromatic N) is 1. The summed E-state index contributed by atoms with van der Waals surface area (Å²) >= 11 is 11.5. The summed E-state index contributed by atoms with van der Waals surface area (Å²) in [6.07, 6.45) is 1.84. The second kappa shape index (κ2) is 4.65. The fraction of sp³-hybridized carbons (Fsp3) is 0.375. The van der Waals surface area contributed by atoms with Gasteiger partial charge in [-0.15, -0.1) is 11.6 Å². The lowest BCUT2D eigenvalue weighted by Crippen LogP contribution is -2.36. The van der Waals surface area contributed by atoms with Crippen LogP contribution in [0.15, 0.2) is 18.3 Å². The van der Waals surface area contributed by atoms with Crippen molar-refractivity contribution in [2.24, 2.45) is 0 Å². The Kier molecular flexibility index (Phi) is 3.79. The highest BCUT2D eigenvalue weighted by Gasteiger charge is 2.07. The standard InChI is InChI=1S/C8H10Cl2NO/c9-5-7-1-2-8(10)11(6-7)3-4-12/h1-2,6,12H,3-5H2/q+1. The van der Waals surface area contributed by atoms with Gasteiger partial charge in [0.25, 0.3) is 5.15 Å². The van der Waals surface area contributed by atoms with Gasteiger partial charge in [-0.2, -0.15) is 4.57 Å². The molecule has 12 heavy (non-hydrogen) atoms. The van der Waals surface area contributed by atoms with Crippen LogP contribution in [0.1, 0.15) is 5.56 Å². The molecule has 1 heterocycles. The zero-order valence-corrected chi connectivity index (χ0v) is 8.02. The first-order chi connectivity index (χ1) is 5.77. The van der Waals surface area contributed by atoms with Gasteiger partial charge in [0.1, 0.15) is 6.61 Å². The van der Waals surface area contributed by atoms with Gasteiger partial charge in [-0.05, 0) is 17.7 Å². The van der Waals surface area contributed by atoms with Crippen LogP contribution in [-0.4, -0.2) is 11.7 Å². The number of aliphatic hydroxyl groups is 1. The van der Waals surface area contributed by atoms with Gasteiger partial charge in [0.05, 0.1) is 5.88 Å². The van der Waals surface area contributed by atoms with E-state index in [0.717, 1.165) is 5.56 Å². The van der Waals surface area contributed by atoms with Crippen LogP contribution in [0, 0.1) is 0 Å². The zero-order chi connectivity index (χ0) is 8.97. The third-order valence-electron chi connectivity index (χ3n) is 1.53. The lowest BCUT2D eigenvalue weighted by atomic mass is 10.3. The number of aromatic nitrogens is 1. The molecule has 1 rings (SSSR count). The van der Waals surface area contributed by atoms with E-state index in [1.165, 1.54) is 0 Å². The van der Waals surface area contributed by atoms with Gasteiger partial charge in [0, 0.05) is 11.6 Å². The van der Waals surface area contributed by atoms with Crippen molar-refractivity contribution < 1.29 is 9.67 Å². The van der Waals surface area contributed by atoms with Crippen molar-refractivity contribution in [3.8, 4) is 0 Å². The van der Waals surface area contributed by atoms with Gasteiger partial charge in [-0.25, -0.2) is 0 Å². The molecule has 0 unspecified atom stereocenters. The second-order valence-corrected chi connectivity index (χ2v) is 3.07. The smallest absolute Gasteiger partial charge is 0.274 e. The largest absolute Gasteiger partial charge is 0.390 e. The van der Waals surface area contributed by atoms with Gasteiger partial charge in [-0.3, -0.25) is 0 Å². The normalized spacial score (nSPS) is 10.2. The van der Waals surface area contributed by atoms with Crippen molar-refractivity contribution in [3.63, 3.8) is 0 Å². The minimum atomic E-state index is 0.0795. The van der Waals surface area contributed by atoms with Crippen LogP contribution in [-0.2, 0) is 12.4 Å². The molecule has 0 fully saturated rings. The fourth-order valence-electron chi connectivity index (χ4n) is 0.935. The Morgan fingerprint density at radius 3 is 2.75 bits per heavy atom. The van der Waals surface area contributed by atoms with Crippen LogP contribution in [0.2, 0.25) is 5.15 Å². The van der Waals surface area contributed by atoms with E-state index >= 15 is 0 Å². The number of hydrogen-bond donors (Lipinski definition) is 1. The quantitative estimate of drug-likeness (QED) is 0.451. The van der Waals surface area contributed by atoms with E-state index in [1.54, 1.807) is 10.6 Å². The van der Waals surface area contributed by atoms with Crippen LogP contribution >= 0.6 is 23.2 Å². The maximum atomic E-state index is 8.70. The third-order valence-corrected chi connectivity index (χ3v) is 2.18. The molecule has 0 spiro atoms. The molecule has 0 aliphatic rings. The van der Waals surface area contributed by atoms with Crippen molar-refractivity contribution in [1.29, 1.82) is 0 Å². The van der Waals surface area contributed by atoms with Crippen molar-refractivity contribution in [2.75, 3.05) is 6.61 Å². The summed E-state index contributed by atoms with van der Waals surface area (Å²) in [5.74, 6) is 0.461. The van der Waals surface area contributed by atoms with Crippen molar-refractivity contribution in [2.45, 2.75) is 12.4 Å². The molecule has 0 radical (unpaired) electrons. The van der Waals surface area contributed by atoms with E-state index in [4.69, 9.17) is 28.3 Å². The average molecular weight is 207 g/mol. The maximum Gasteiger partial charge on any atom is 0.274 e. The summed E-state index contributed by atoms with van der Waals surface area (Å²) in [6, 6.07) is 3.64. The van der Waals surface area contributed by atoms with E-state index in [1.807, 2.05) is 12.3 Å². The number of alkyl halides is 1. The van der Waals surface area contributed by atoms with Gasteiger partial charge in [-0.1, -0.05) is 0 Å². The summed E-state index contributed by atoms with van der Waals surface area (Å²) in [5.41, 5.74) is 0.995. The van der Waals surface area contributed by atoms with Crippen LogP contribution in [0.5, 0.6) is 0 Å². The van der Waals surface area contributed by atoms with E-state index < -0.39 is 0 Å². The second-order valence-electron chi connectivity index (χ2n) is 2.41. The third kappa shape index (κ3) is 2.34. The average Bonchev–Trinajstić information content (AvgIpc) is 2.09. The first-order valence-corrected chi connectivity index (χ1v) is 4.54. The molecule has 0 saturated heterocycles. The molecule has 1 aromatic heterocycles. The maximum absolute atomic E-state index is 8.70. The molecule has 4 heteroatoms. The monoisotopic (exact) mass is 206 g/mol. The number of hydrogen-bond acceptors (Lipinski definition) is 1. The molecule has 0 aliphatic heterocycles. The zero-order valence-electron chi connectivity index (χ0n) is 6.50. The number of rotatable bonds is 3. The number of aliphatic hydroxyl groups excluding tert-OH is 1. The van der Waals surface area contributed by atoms with Gasteiger partial charge in [0.15, 0.2) is 12.7 Å². The van der Waals surface area contributed by atoms with Crippen molar-refractivity contribution >= 4 is 23.2 Å². The Hall–Kier alpha value is -0.310. The van der Waals surface area contributed by atoms with E-state index in [9.17, 15) is 0 Å². The van der Waals surface area contributed by atoms with E-state index in [-0.39, 0.29) is 6.61 Å². The van der Waals surface area contributed by atoms with E-state index in [2.05, 4.69) is 0 Å². The fourth-order valence-corrected chi connectivity index (χ4v) is 1.29. The molecule has 66 valence electrons. The minimum absolute atomic E-state index is 0.0795. The molecular formula is C8H10Cl2NO+. The van der Waals surface area contributed by atoms with Crippen molar-refractivity contribution in [3.05, 3.63) is 29.0 Å². The molecule has 0 aliphatic carbocycles. The Bertz CT molecular complexity index is 265. The molecule has 0 amide bonds. The Labute approximate surface area is 81.4 Å². The van der Waals surface area contributed by atoms with Crippen LogP contribution in [0.4, 0.5) is 0 Å². The SMILES string of the molecule is OCC[n+]1cc(CCl)ccc1Cl. The minimum Gasteiger partial charge on any atom is -0.390 e. The molecule has 0 saturated carbocycles. The van der Waals surface area contributed by atoms with Crippen LogP contribution in [0.25, 0.3) is 0 Å². The molecule has 0 aromatic carbocycles. The predicted octanol–water partition coefficient (Wildman–Crippen LogP) is 1.36. The summed E-state index contributed by atoms with van der Waals surface area (Å²) in [7, 11) is 0. The van der Waals surface area contributed by atoms with Gasteiger partial charge in [0.2, 0.25) is 0 Å². The van der Waals surface area contributed by atoms with E-state index in [0.29, 0.717) is 17.6 Å². The topological polar surface area (TPSA) is 24.1 Å². The summed E-state index contributed by atoms with van der Waals surface area (Å²) in [6.45, 7) is 0.583. The van der Waals surface area contributed by atoms with Crippen molar-refractivity contribution in [1.82, 2.24) is 0 Å². The first kappa shape index (κ1) is 9.78. The molecular weight excluding hydrogens is 197 g/mol. The van der Waals surface area contributed by atoms with Crippen LogP contribution in [0.3, 0.4) is 0 Å². The summed E-state index contributed by atoms with van der Waals surface area (Å²) < 4.78 is 1.76.